The maximum Gasteiger partial charge on any atom is 0.323 e. The van der Waals surface area contributed by atoms with Gasteiger partial charge in [-0.05, 0) is 55.3 Å². The summed E-state index contributed by atoms with van der Waals surface area (Å²) in [5.74, 6) is 0.851. The lowest BCUT2D eigenvalue weighted by molar-refractivity contribution is 0.262. The second kappa shape index (κ2) is 8.41. The molecule has 29 heavy (non-hydrogen) atoms. The molecule has 6 heteroatoms. The van der Waals surface area contributed by atoms with Gasteiger partial charge in [-0.1, -0.05) is 53.7 Å². The molecule has 0 saturated carbocycles. The van der Waals surface area contributed by atoms with Crippen molar-refractivity contribution in [1.82, 2.24) is 9.97 Å². The molecule has 0 aliphatic carbocycles. The summed E-state index contributed by atoms with van der Waals surface area (Å²) in [5, 5.41) is 6.58. The zero-order valence-electron chi connectivity index (χ0n) is 16.3. The average molecular weight is 403 g/mol. The molecular formula is C23H22N4OS. The number of amides is 2. The molecule has 0 aliphatic heterocycles. The lowest BCUT2D eigenvalue weighted by atomic mass is 10.2. The first-order valence-electron chi connectivity index (χ1n) is 9.38. The van der Waals surface area contributed by atoms with Crippen molar-refractivity contribution in [2.45, 2.75) is 24.8 Å². The molecule has 0 atom stereocenters. The molecule has 4 aromatic rings. The number of urea groups is 1. The molecule has 1 aromatic heterocycles. The lowest BCUT2D eigenvalue weighted by Gasteiger charge is -2.08. The first-order valence-corrected chi connectivity index (χ1v) is 10.4. The molecule has 2 amide bonds. The van der Waals surface area contributed by atoms with Crippen molar-refractivity contribution in [1.29, 1.82) is 0 Å². The molecule has 0 aliphatic rings. The smallest absolute Gasteiger partial charge is 0.323 e. The molecule has 1 heterocycles. The molecule has 3 aromatic carbocycles. The second-order valence-corrected chi connectivity index (χ2v) is 7.96. The number of benzene rings is 3. The number of anilines is 2. The van der Waals surface area contributed by atoms with Crippen molar-refractivity contribution < 1.29 is 4.79 Å². The van der Waals surface area contributed by atoms with E-state index in [4.69, 9.17) is 0 Å². The van der Waals surface area contributed by atoms with Crippen LogP contribution in [0.5, 0.6) is 0 Å². The van der Waals surface area contributed by atoms with E-state index in [1.54, 1.807) is 11.8 Å². The van der Waals surface area contributed by atoms with Crippen LogP contribution in [-0.4, -0.2) is 16.0 Å². The van der Waals surface area contributed by atoms with Gasteiger partial charge in [0, 0.05) is 17.1 Å². The van der Waals surface area contributed by atoms with Gasteiger partial charge in [0.25, 0.3) is 0 Å². The van der Waals surface area contributed by atoms with Crippen molar-refractivity contribution in [3.8, 4) is 0 Å². The van der Waals surface area contributed by atoms with Crippen molar-refractivity contribution in [2.24, 2.45) is 0 Å². The zero-order chi connectivity index (χ0) is 20.2. The molecule has 146 valence electrons. The summed E-state index contributed by atoms with van der Waals surface area (Å²) in [6.45, 7) is 4.08. The number of aromatic nitrogens is 2. The number of H-pyrrole nitrogens is 1. The SMILES string of the molecule is Cc1ccc(CSc2nc3ccc(NC(=O)Nc4cccc(C)c4)cc3[nH]2)cc1. The summed E-state index contributed by atoms with van der Waals surface area (Å²) in [6.07, 6.45) is 0. The predicted octanol–water partition coefficient (Wildman–Crippen LogP) is 6.12. The number of aryl methyl sites for hydroxylation is 2. The third-order valence-corrected chi connectivity index (χ3v) is 5.43. The number of thioether (sulfide) groups is 1. The van der Waals surface area contributed by atoms with E-state index in [2.05, 4.69) is 51.8 Å². The van der Waals surface area contributed by atoms with E-state index in [9.17, 15) is 4.79 Å². The topological polar surface area (TPSA) is 69.8 Å². The van der Waals surface area contributed by atoms with Gasteiger partial charge in [-0.2, -0.15) is 0 Å². The summed E-state index contributed by atoms with van der Waals surface area (Å²) in [7, 11) is 0. The van der Waals surface area contributed by atoms with Crippen LogP contribution in [0.1, 0.15) is 16.7 Å². The number of imidazole rings is 1. The Hall–Kier alpha value is -3.25. The summed E-state index contributed by atoms with van der Waals surface area (Å²) in [5.41, 5.74) is 6.86. The number of nitrogens with one attached hydrogen (secondary N) is 3. The fourth-order valence-electron chi connectivity index (χ4n) is 2.98. The highest BCUT2D eigenvalue weighted by atomic mass is 32.2. The fourth-order valence-corrected chi connectivity index (χ4v) is 3.83. The first kappa shape index (κ1) is 19.1. The van der Waals surface area contributed by atoms with Crippen molar-refractivity contribution >= 4 is 40.2 Å². The number of rotatable bonds is 5. The largest absolute Gasteiger partial charge is 0.333 e. The van der Waals surface area contributed by atoms with Gasteiger partial charge < -0.3 is 15.6 Å². The standard InChI is InChI=1S/C23H22N4OS/c1-15-6-8-17(9-7-15)14-29-23-26-20-11-10-19(13-21(20)27-23)25-22(28)24-18-5-3-4-16(2)12-18/h3-13H,14H2,1-2H3,(H,26,27)(H2,24,25,28). The third kappa shape index (κ3) is 4.97. The molecule has 0 saturated heterocycles. The average Bonchev–Trinajstić information content (AvgIpc) is 3.09. The number of nitrogens with zero attached hydrogens (tertiary/aromatic N) is 1. The fraction of sp³-hybridized carbons (Fsp3) is 0.130. The number of aromatic amines is 1. The van der Waals surface area contributed by atoms with Gasteiger partial charge in [-0.15, -0.1) is 0 Å². The number of fused-ring (bicyclic) bond motifs is 1. The van der Waals surface area contributed by atoms with E-state index in [1.165, 1.54) is 11.1 Å². The van der Waals surface area contributed by atoms with Crippen LogP contribution in [0.15, 0.2) is 71.9 Å². The van der Waals surface area contributed by atoms with Crippen LogP contribution in [0.3, 0.4) is 0 Å². The lowest BCUT2D eigenvalue weighted by Crippen LogP contribution is -2.19. The normalized spacial score (nSPS) is 10.8. The number of carbonyl (C=O) groups excluding carboxylic acids is 1. The van der Waals surface area contributed by atoms with Crippen LogP contribution in [0.4, 0.5) is 16.2 Å². The summed E-state index contributed by atoms with van der Waals surface area (Å²) < 4.78 is 0. The highest BCUT2D eigenvalue weighted by Crippen LogP contribution is 2.25. The van der Waals surface area contributed by atoms with Gasteiger partial charge in [0.1, 0.15) is 0 Å². The molecule has 0 fully saturated rings. The van der Waals surface area contributed by atoms with Crippen LogP contribution in [0.25, 0.3) is 11.0 Å². The van der Waals surface area contributed by atoms with Crippen molar-refractivity contribution in [3.63, 3.8) is 0 Å². The maximum atomic E-state index is 12.3. The van der Waals surface area contributed by atoms with E-state index in [-0.39, 0.29) is 6.03 Å². The zero-order valence-corrected chi connectivity index (χ0v) is 17.1. The molecule has 0 bridgehead atoms. The van der Waals surface area contributed by atoms with Gasteiger partial charge in [0.2, 0.25) is 0 Å². The van der Waals surface area contributed by atoms with Gasteiger partial charge >= 0.3 is 6.03 Å². The molecule has 0 radical (unpaired) electrons. The van der Waals surface area contributed by atoms with E-state index < -0.39 is 0 Å². The maximum absolute atomic E-state index is 12.3. The Kier molecular flexibility index (Phi) is 5.53. The summed E-state index contributed by atoms with van der Waals surface area (Å²) in [4.78, 5) is 20.2. The summed E-state index contributed by atoms with van der Waals surface area (Å²) >= 11 is 1.66. The Labute approximate surface area is 174 Å². The molecule has 4 rings (SSSR count). The molecule has 3 N–H and O–H groups in total. The Bertz CT molecular complexity index is 1150. The minimum absolute atomic E-state index is 0.275. The molecule has 0 spiro atoms. The van der Waals surface area contributed by atoms with Crippen molar-refractivity contribution in [2.75, 3.05) is 10.6 Å². The van der Waals surface area contributed by atoms with Gasteiger partial charge in [0.15, 0.2) is 5.16 Å². The van der Waals surface area contributed by atoms with E-state index in [0.717, 1.165) is 33.2 Å². The Morgan fingerprint density at radius 1 is 0.931 bits per heavy atom. The molecule has 5 nitrogen and oxygen atoms in total. The summed E-state index contributed by atoms with van der Waals surface area (Å²) in [6, 6.07) is 21.6. The molecular weight excluding hydrogens is 380 g/mol. The highest BCUT2D eigenvalue weighted by Gasteiger charge is 2.07. The number of hydrogen-bond acceptors (Lipinski definition) is 3. The monoisotopic (exact) mass is 402 g/mol. The van der Waals surface area contributed by atoms with Gasteiger partial charge in [-0.25, -0.2) is 9.78 Å². The van der Waals surface area contributed by atoms with Crippen LogP contribution < -0.4 is 10.6 Å². The molecule has 0 unspecified atom stereocenters. The van der Waals surface area contributed by atoms with Crippen LogP contribution in [0, 0.1) is 13.8 Å². The predicted molar refractivity (Wildman–Crippen MR) is 121 cm³/mol. The van der Waals surface area contributed by atoms with Gasteiger partial charge in [0.05, 0.1) is 11.0 Å². The van der Waals surface area contributed by atoms with Crippen LogP contribution in [-0.2, 0) is 5.75 Å². The highest BCUT2D eigenvalue weighted by molar-refractivity contribution is 7.98. The van der Waals surface area contributed by atoms with Crippen LogP contribution >= 0.6 is 11.8 Å². The van der Waals surface area contributed by atoms with E-state index in [1.807, 2.05) is 49.4 Å². The quantitative estimate of drug-likeness (QED) is 0.352. The van der Waals surface area contributed by atoms with Crippen molar-refractivity contribution in [3.05, 3.63) is 83.4 Å². The van der Waals surface area contributed by atoms with E-state index >= 15 is 0 Å². The van der Waals surface area contributed by atoms with Gasteiger partial charge in [-0.3, -0.25) is 0 Å². The Morgan fingerprint density at radius 3 is 2.45 bits per heavy atom. The number of hydrogen-bond donors (Lipinski definition) is 3. The minimum atomic E-state index is -0.275. The first-order chi connectivity index (χ1) is 14.0. The van der Waals surface area contributed by atoms with Crippen LogP contribution in [0.2, 0.25) is 0 Å². The Morgan fingerprint density at radius 2 is 1.69 bits per heavy atom. The van der Waals surface area contributed by atoms with E-state index in [0.29, 0.717) is 5.69 Å². The minimum Gasteiger partial charge on any atom is -0.333 e. The third-order valence-electron chi connectivity index (χ3n) is 4.49. The Balaban J connectivity index is 1.41. The second-order valence-electron chi connectivity index (χ2n) is 7.00. The number of carbonyl (C=O) groups is 1.